The second-order valence-corrected chi connectivity index (χ2v) is 7.62. The molecule has 7 nitrogen and oxygen atoms in total. The second kappa shape index (κ2) is 8.06. The van der Waals surface area contributed by atoms with Gasteiger partial charge in [-0.1, -0.05) is 25.8 Å². The van der Waals surface area contributed by atoms with Crippen LogP contribution in [0.5, 0.6) is 11.5 Å². The number of aliphatic carboxylic acids is 1. The molecule has 2 aliphatic rings. The smallest absolute Gasteiger partial charge is 0.317 e. The first-order chi connectivity index (χ1) is 12.9. The second-order valence-electron chi connectivity index (χ2n) is 7.62. The zero-order valence-corrected chi connectivity index (χ0v) is 16.0. The van der Waals surface area contributed by atoms with Crippen LogP contribution in [-0.2, 0) is 10.2 Å². The first-order valence-electron chi connectivity index (χ1n) is 9.53. The molecule has 1 aliphatic carbocycles. The van der Waals surface area contributed by atoms with E-state index >= 15 is 0 Å². The zero-order valence-electron chi connectivity index (χ0n) is 16.0. The van der Waals surface area contributed by atoms with Gasteiger partial charge in [-0.05, 0) is 30.5 Å². The largest absolute Gasteiger partial charge is 0.486 e. The van der Waals surface area contributed by atoms with Crippen LogP contribution in [0.15, 0.2) is 18.2 Å². The van der Waals surface area contributed by atoms with Gasteiger partial charge in [0.15, 0.2) is 11.5 Å². The molecule has 1 aliphatic heterocycles. The molecule has 7 heteroatoms. The van der Waals surface area contributed by atoms with Gasteiger partial charge in [-0.15, -0.1) is 0 Å². The van der Waals surface area contributed by atoms with E-state index in [1.165, 1.54) is 4.90 Å². The lowest BCUT2D eigenvalue weighted by atomic mass is 9.78. The van der Waals surface area contributed by atoms with Crippen LogP contribution in [-0.4, -0.2) is 55.4 Å². The summed E-state index contributed by atoms with van der Waals surface area (Å²) in [5, 5.41) is 12.0. The van der Waals surface area contributed by atoms with Gasteiger partial charge in [0.05, 0.1) is 5.92 Å². The van der Waals surface area contributed by atoms with Gasteiger partial charge in [0.2, 0.25) is 0 Å². The molecule has 1 fully saturated rings. The molecule has 0 bridgehead atoms. The summed E-state index contributed by atoms with van der Waals surface area (Å²) in [6, 6.07) is 5.82. The summed E-state index contributed by atoms with van der Waals surface area (Å²) in [6.07, 6.45) is 4.25. The monoisotopic (exact) mass is 376 g/mol. The molecular weight excluding hydrogens is 348 g/mol. The molecule has 2 N–H and O–H groups in total. The van der Waals surface area contributed by atoms with E-state index in [0.29, 0.717) is 19.8 Å². The SMILES string of the molecule is CC(CN(C)C(=O)NCC1(c2ccc3c(c2)OCCO3)CCCC1)C(=O)O. The Morgan fingerprint density at radius 3 is 2.56 bits per heavy atom. The molecule has 148 valence electrons. The average Bonchev–Trinajstić information content (AvgIpc) is 3.15. The van der Waals surface area contributed by atoms with Crippen molar-refractivity contribution in [2.45, 2.75) is 38.0 Å². The quantitative estimate of drug-likeness (QED) is 0.797. The van der Waals surface area contributed by atoms with E-state index in [-0.39, 0.29) is 18.0 Å². The standard InChI is InChI=1S/C20H28N2O5/c1-14(18(23)24)12-22(2)19(25)21-13-20(7-3-4-8-20)15-5-6-16-17(11-15)27-10-9-26-16/h5-6,11,14H,3-4,7-10,12-13H2,1-2H3,(H,21,25)(H,23,24). The lowest BCUT2D eigenvalue weighted by Gasteiger charge is -2.32. The number of amides is 2. The summed E-state index contributed by atoms with van der Waals surface area (Å²) in [7, 11) is 1.63. The molecule has 0 aromatic heterocycles. The van der Waals surface area contributed by atoms with Crippen LogP contribution in [0.2, 0.25) is 0 Å². The van der Waals surface area contributed by atoms with Crippen molar-refractivity contribution in [1.29, 1.82) is 0 Å². The van der Waals surface area contributed by atoms with E-state index in [9.17, 15) is 9.59 Å². The Kier molecular flexibility index (Phi) is 5.77. The van der Waals surface area contributed by atoms with Crippen molar-refractivity contribution in [1.82, 2.24) is 10.2 Å². The van der Waals surface area contributed by atoms with Crippen molar-refractivity contribution in [2.24, 2.45) is 5.92 Å². The number of carboxylic acid groups (broad SMARTS) is 1. The highest BCUT2D eigenvalue weighted by Crippen LogP contribution is 2.43. The number of nitrogens with zero attached hydrogens (tertiary/aromatic N) is 1. The third-order valence-electron chi connectivity index (χ3n) is 5.61. The lowest BCUT2D eigenvalue weighted by molar-refractivity contribution is -0.141. The topological polar surface area (TPSA) is 88.1 Å². The minimum Gasteiger partial charge on any atom is -0.486 e. The van der Waals surface area contributed by atoms with Gasteiger partial charge >= 0.3 is 12.0 Å². The number of ether oxygens (including phenoxy) is 2. The molecule has 1 atom stereocenters. The van der Waals surface area contributed by atoms with Gasteiger partial charge in [-0.25, -0.2) is 4.79 Å². The Balaban J connectivity index is 1.68. The summed E-state index contributed by atoms with van der Waals surface area (Å²) in [5.74, 6) is 0.0329. The first-order valence-corrected chi connectivity index (χ1v) is 9.53. The lowest BCUT2D eigenvalue weighted by Crippen LogP contribution is -2.46. The summed E-state index contributed by atoms with van der Waals surface area (Å²) < 4.78 is 11.3. The van der Waals surface area contributed by atoms with Crippen LogP contribution in [0.1, 0.15) is 38.2 Å². The summed E-state index contributed by atoms with van der Waals surface area (Å²) in [6.45, 7) is 3.41. The van der Waals surface area contributed by atoms with Crippen LogP contribution in [0, 0.1) is 5.92 Å². The highest BCUT2D eigenvalue weighted by atomic mass is 16.6. The van der Waals surface area contributed by atoms with E-state index in [1.807, 2.05) is 12.1 Å². The Bertz CT molecular complexity index is 700. The normalized spacial score (nSPS) is 18.6. The van der Waals surface area contributed by atoms with Gasteiger partial charge in [0, 0.05) is 25.6 Å². The Morgan fingerprint density at radius 2 is 1.89 bits per heavy atom. The number of rotatable bonds is 6. The third kappa shape index (κ3) is 4.28. The fourth-order valence-electron chi connectivity index (χ4n) is 3.94. The van der Waals surface area contributed by atoms with Gasteiger partial charge in [-0.2, -0.15) is 0 Å². The maximum Gasteiger partial charge on any atom is 0.317 e. The molecule has 0 spiro atoms. The molecule has 1 heterocycles. The van der Waals surface area contributed by atoms with Crippen molar-refractivity contribution in [3.8, 4) is 11.5 Å². The van der Waals surface area contributed by atoms with E-state index < -0.39 is 11.9 Å². The van der Waals surface area contributed by atoms with Crippen LogP contribution in [0.25, 0.3) is 0 Å². The number of fused-ring (bicyclic) bond motifs is 1. The average molecular weight is 376 g/mol. The van der Waals surface area contributed by atoms with Gasteiger partial charge in [0.25, 0.3) is 0 Å². The molecular formula is C20H28N2O5. The van der Waals surface area contributed by atoms with Crippen molar-refractivity contribution < 1.29 is 24.2 Å². The zero-order chi connectivity index (χ0) is 19.4. The van der Waals surface area contributed by atoms with Gasteiger partial charge in [0.1, 0.15) is 13.2 Å². The third-order valence-corrected chi connectivity index (χ3v) is 5.61. The molecule has 27 heavy (non-hydrogen) atoms. The first kappa shape index (κ1) is 19.3. The highest BCUT2D eigenvalue weighted by molar-refractivity contribution is 5.75. The minimum absolute atomic E-state index is 0.120. The van der Waals surface area contributed by atoms with E-state index in [4.69, 9.17) is 14.6 Å². The predicted molar refractivity (Wildman–Crippen MR) is 100 cm³/mol. The van der Waals surface area contributed by atoms with Crippen molar-refractivity contribution in [3.05, 3.63) is 23.8 Å². The maximum absolute atomic E-state index is 12.4. The Labute approximate surface area is 159 Å². The van der Waals surface area contributed by atoms with Gasteiger partial charge < -0.3 is 24.8 Å². The number of nitrogens with one attached hydrogen (secondary N) is 1. The number of hydrogen-bond donors (Lipinski definition) is 2. The molecule has 1 saturated carbocycles. The molecule has 1 aromatic carbocycles. The molecule has 0 radical (unpaired) electrons. The van der Waals surface area contributed by atoms with Crippen LogP contribution in [0.4, 0.5) is 4.79 Å². The fraction of sp³-hybridized carbons (Fsp3) is 0.600. The van der Waals surface area contributed by atoms with E-state index in [1.54, 1.807) is 14.0 Å². The number of urea groups is 1. The summed E-state index contributed by atoms with van der Waals surface area (Å²) >= 11 is 0. The molecule has 0 saturated heterocycles. The number of carbonyl (C=O) groups excluding carboxylic acids is 1. The van der Waals surface area contributed by atoms with E-state index in [0.717, 1.165) is 42.7 Å². The predicted octanol–water partition coefficient (Wildman–Crippen LogP) is 2.63. The molecule has 1 unspecified atom stereocenters. The van der Waals surface area contributed by atoms with Crippen molar-refractivity contribution in [3.63, 3.8) is 0 Å². The number of benzene rings is 1. The van der Waals surface area contributed by atoms with Crippen LogP contribution >= 0.6 is 0 Å². The van der Waals surface area contributed by atoms with Crippen molar-refractivity contribution in [2.75, 3.05) is 33.4 Å². The molecule has 1 aromatic rings. The summed E-state index contributed by atoms with van der Waals surface area (Å²) in [4.78, 5) is 24.9. The fourth-order valence-corrected chi connectivity index (χ4v) is 3.94. The van der Waals surface area contributed by atoms with Crippen LogP contribution in [0.3, 0.4) is 0 Å². The molecule has 2 amide bonds. The van der Waals surface area contributed by atoms with Gasteiger partial charge in [-0.3, -0.25) is 4.79 Å². The Hall–Kier alpha value is -2.44. The number of carboxylic acids is 1. The van der Waals surface area contributed by atoms with Crippen LogP contribution < -0.4 is 14.8 Å². The highest BCUT2D eigenvalue weighted by Gasteiger charge is 2.37. The summed E-state index contributed by atoms with van der Waals surface area (Å²) in [5.41, 5.74) is 1.04. The van der Waals surface area contributed by atoms with Crippen molar-refractivity contribution >= 4 is 12.0 Å². The molecule has 3 rings (SSSR count). The minimum atomic E-state index is -0.904. The Morgan fingerprint density at radius 1 is 1.22 bits per heavy atom. The number of carbonyl (C=O) groups is 2. The van der Waals surface area contributed by atoms with E-state index in [2.05, 4.69) is 11.4 Å². The maximum atomic E-state index is 12.4. The number of hydrogen-bond acceptors (Lipinski definition) is 4.